The fraction of sp³-hybridized carbons (Fsp3) is 0.150. The highest BCUT2D eigenvalue weighted by molar-refractivity contribution is 6.08. The van der Waals surface area contributed by atoms with Gasteiger partial charge in [-0.15, -0.1) is 0 Å². The van der Waals surface area contributed by atoms with E-state index in [2.05, 4.69) is 4.98 Å². The van der Waals surface area contributed by atoms with Crippen LogP contribution in [-0.4, -0.2) is 28.3 Å². The Bertz CT molecular complexity index is 1070. The molecule has 0 radical (unpaired) electrons. The lowest BCUT2D eigenvalue weighted by molar-refractivity contribution is 0.415. The number of anilines is 1. The summed E-state index contributed by atoms with van der Waals surface area (Å²) in [6.07, 6.45) is 3.39. The van der Waals surface area contributed by atoms with Crippen LogP contribution >= 0.6 is 0 Å². The van der Waals surface area contributed by atoms with Gasteiger partial charge in [0.2, 0.25) is 5.95 Å². The summed E-state index contributed by atoms with van der Waals surface area (Å²) in [6.45, 7) is 0. The predicted molar refractivity (Wildman–Crippen MR) is 106 cm³/mol. The largest absolute Gasteiger partial charge is 0.497 e. The first kappa shape index (κ1) is 16.8. The third-order valence-electron chi connectivity index (χ3n) is 4.70. The number of hydrogen-bond donors (Lipinski definition) is 3. The molecule has 0 saturated carbocycles. The van der Waals surface area contributed by atoms with Gasteiger partial charge in [-0.1, -0.05) is 30.3 Å². The maximum absolute atomic E-state index is 7.75. The standard InChI is InChI=1S/C20H20N6O/c1-27-13-5-2-4-12(10-13)18-11-26(20(23)24-18)25-17-9-8-14-15(17)6-3-7-16(14)19(21)22/h2-7,10-11H,8-9H2,1H3,(H3,21,22)(H2,23,24)/b25-17+. The molecular weight excluding hydrogens is 340 g/mol. The average molecular weight is 360 g/mol. The zero-order valence-electron chi connectivity index (χ0n) is 14.9. The van der Waals surface area contributed by atoms with Crippen molar-refractivity contribution < 1.29 is 4.74 Å². The third kappa shape index (κ3) is 3.03. The molecule has 1 heterocycles. The van der Waals surface area contributed by atoms with Crippen molar-refractivity contribution in [2.75, 3.05) is 12.8 Å². The summed E-state index contributed by atoms with van der Waals surface area (Å²) < 4.78 is 6.87. The summed E-state index contributed by atoms with van der Waals surface area (Å²) in [6, 6.07) is 13.4. The van der Waals surface area contributed by atoms with Gasteiger partial charge in [0.1, 0.15) is 11.6 Å². The molecule has 0 unspecified atom stereocenters. The summed E-state index contributed by atoms with van der Waals surface area (Å²) in [4.78, 5) is 4.42. The molecule has 0 atom stereocenters. The number of hydrogen-bond acceptors (Lipinski definition) is 5. The number of nitrogens with two attached hydrogens (primary N) is 2. The minimum atomic E-state index is 0.0792. The molecule has 0 spiro atoms. The quantitative estimate of drug-likeness (QED) is 0.490. The molecule has 1 aliphatic rings. The van der Waals surface area contributed by atoms with Crippen molar-refractivity contribution in [2.24, 2.45) is 10.8 Å². The summed E-state index contributed by atoms with van der Waals surface area (Å²) in [5.74, 6) is 1.15. The van der Waals surface area contributed by atoms with Gasteiger partial charge in [0.25, 0.3) is 0 Å². The van der Waals surface area contributed by atoms with Gasteiger partial charge >= 0.3 is 0 Å². The molecule has 0 aliphatic heterocycles. The van der Waals surface area contributed by atoms with E-state index in [4.69, 9.17) is 26.7 Å². The second-order valence-electron chi connectivity index (χ2n) is 6.35. The van der Waals surface area contributed by atoms with Crippen molar-refractivity contribution in [3.05, 3.63) is 65.4 Å². The van der Waals surface area contributed by atoms with Crippen LogP contribution in [0.5, 0.6) is 5.75 Å². The smallest absolute Gasteiger partial charge is 0.221 e. The molecule has 1 aromatic heterocycles. The van der Waals surface area contributed by atoms with Crippen molar-refractivity contribution in [1.82, 2.24) is 9.66 Å². The Morgan fingerprint density at radius 1 is 1.22 bits per heavy atom. The van der Waals surface area contributed by atoms with Crippen LogP contribution in [0, 0.1) is 5.41 Å². The van der Waals surface area contributed by atoms with Gasteiger partial charge < -0.3 is 16.2 Å². The molecule has 0 saturated heterocycles. The molecule has 27 heavy (non-hydrogen) atoms. The molecule has 136 valence electrons. The summed E-state index contributed by atoms with van der Waals surface area (Å²) in [5.41, 5.74) is 17.2. The number of fused-ring (bicyclic) bond motifs is 1. The first-order chi connectivity index (χ1) is 13.1. The first-order valence-electron chi connectivity index (χ1n) is 8.60. The van der Waals surface area contributed by atoms with E-state index in [0.29, 0.717) is 5.95 Å². The second kappa shape index (κ2) is 6.60. The Hall–Kier alpha value is -3.61. The molecule has 5 N–H and O–H groups in total. The van der Waals surface area contributed by atoms with Crippen LogP contribution in [0.25, 0.3) is 11.3 Å². The van der Waals surface area contributed by atoms with Gasteiger partial charge in [0, 0.05) is 16.7 Å². The number of methoxy groups -OCH3 is 1. The molecule has 7 nitrogen and oxygen atoms in total. The van der Waals surface area contributed by atoms with E-state index in [-0.39, 0.29) is 5.84 Å². The molecular formula is C20H20N6O. The number of nitrogens with one attached hydrogen (secondary N) is 1. The number of benzene rings is 2. The van der Waals surface area contributed by atoms with Gasteiger partial charge in [0.05, 0.1) is 24.7 Å². The zero-order valence-corrected chi connectivity index (χ0v) is 14.9. The zero-order chi connectivity index (χ0) is 19.0. The molecule has 0 amide bonds. The topological polar surface area (TPSA) is 115 Å². The van der Waals surface area contributed by atoms with Crippen LogP contribution in [0.15, 0.2) is 53.8 Å². The number of nitrogen functional groups attached to an aromatic ring is 2. The van der Waals surface area contributed by atoms with Crippen molar-refractivity contribution in [3.63, 3.8) is 0 Å². The first-order valence-corrected chi connectivity index (χ1v) is 8.60. The Morgan fingerprint density at radius 2 is 2.04 bits per heavy atom. The number of rotatable bonds is 4. The van der Waals surface area contributed by atoms with Crippen molar-refractivity contribution in [3.8, 4) is 17.0 Å². The minimum absolute atomic E-state index is 0.0792. The van der Waals surface area contributed by atoms with Crippen LogP contribution in [0.3, 0.4) is 0 Å². The summed E-state index contributed by atoms with van der Waals surface area (Å²) in [5, 5.41) is 12.4. The minimum Gasteiger partial charge on any atom is -0.497 e. The van der Waals surface area contributed by atoms with E-state index < -0.39 is 0 Å². The maximum atomic E-state index is 7.75. The van der Waals surface area contributed by atoms with E-state index in [0.717, 1.165) is 52.3 Å². The highest BCUT2D eigenvalue weighted by Gasteiger charge is 2.22. The monoisotopic (exact) mass is 360 g/mol. The van der Waals surface area contributed by atoms with Crippen LogP contribution in [-0.2, 0) is 6.42 Å². The van der Waals surface area contributed by atoms with Crippen LogP contribution in [0.1, 0.15) is 23.1 Å². The van der Waals surface area contributed by atoms with Gasteiger partial charge in [0.15, 0.2) is 0 Å². The van der Waals surface area contributed by atoms with Gasteiger partial charge in [-0.3, -0.25) is 5.41 Å². The number of imidazole rings is 1. The SMILES string of the molecule is COc1cccc(-c2cn(/N=C3\CCc4c(C(=N)N)cccc43)c(N)n2)c1. The fourth-order valence-corrected chi connectivity index (χ4v) is 3.38. The van der Waals surface area contributed by atoms with Crippen LogP contribution in [0.2, 0.25) is 0 Å². The fourth-order valence-electron chi connectivity index (χ4n) is 3.38. The highest BCUT2D eigenvalue weighted by atomic mass is 16.5. The normalized spacial score (nSPS) is 14.3. The second-order valence-corrected chi connectivity index (χ2v) is 6.35. The van der Waals surface area contributed by atoms with E-state index in [1.165, 1.54) is 0 Å². The molecule has 1 aliphatic carbocycles. The van der Waals surface area contributed by atoms with Crippen LogP contribution in [0.4, 0.5) is 5.95 Å². The van der Waals surface area contributed by atoms with Gasteiger partial charge in [-0.25, -0.2) is 9.66 Å². The molecule has 2 aromatic carbocycles. The Balaban J connectivity index is 1.72. The summed E-state index contributed by atoms with van der Waals surface area (Å²) in [7, 11) is 1.63. The Morgan fingerprint density at radius 3 is 2.81 bits per heavy atom. The third-order valence-corrected chi connectivity index (χ3v) is 4.70. The highest BCUT2D eigenvalue weighted by Crippen LogP contribution is 2.28. The molecule has 7 heteroatoms. The lowest BCUT2D eigenvalue weighted by atomic mass is 10.0. The molecule has 0 fully saturated rings. The van der Waals surface area contributed by atoms with Crippen molar-refractivity contribution in [1.29, 1.82) is 5.41 Å². The Labute approximate surface area is 156 Å². The van der Waals surface area contributed by atoms with E-state index in [1.807, 2.05) is 48.7 Å². The molecule has 4 rings (SSSR count). The molecule has 0 bridgehead atoms. The predicted octanol–water partition coefficient (Wildman–Crippen LogP) is 2.62. The van der Waals surface area contributed by atoms with Crippen molar-refractivity contribution >= 4 is 17.5 Å². The number of ether oxygens (including phenoxy) is 1. The van der Waals surface area contributed by atoms with Gasteiger partial charge in [-0.05, 0) is 30.5 Å². The summed E-state index contributed by atoms with van der Waals surface area (Å²) >= 11 is 0. The van der Waals surface area contributed by atoms with E-state index >= 15 is 0 Å². The number of nitrogens with zero attached hydrogens (tertiary/aromatic N) is 3. The molecule has 3 aromatic rings. The lowest BCUT2D eigenvalue weighted by Gasteiger charge is -2.06. The number of amidine groups is 1. The van der Waals surface area contributed by atoms with Crippen LogP contribution < -0.4 is 16.2 Å². The maximum Gasteiger partial charge on any atom is 0.221 e. The average Bonchev–Trinajstić information content (AvgIpc) is 3.26. The van der Waals surface area contributed by atoms with Crippen molar-refractivity contribution in [2.45, 2.75) is 12.8 Å². The Kier molecular flexibility index (Phi) is 4.12. The number of aromatic nitrogens is 2. The van der Waals surface area contributed by atoms with E-state index in [9.17, 15) is 0 Å². The van der Waals surface area contributed by atoms with E-state index in [1.54, 1.807) is 11.8 Å². The lowest BCUT2D eigenvalue weighted by Crippen LogP contribution is -2.13. The van der Waals surface area contributed by atoms with Gasteiger partial charge in [-0.2, -0.15) is 5.10 Å².